The van der Waals surface area contributed by atoms with Crippen LogP contribution in [0.5, 0.6) is 11.5 Å². The van der Waals surface area contributed by atoms with Gasteiger partial charge in [0.15, 0.2) is 0 Å². The summed E-state index contributed by atoms with van der Waals surface area (Å²) in [7, 11) is 0. The molecule has 0 fully saturated rings. The van der Waals surface area contributed by atoms with E-state index in [4.69, 9.17) is 9.98 Å². The number of hydrogen-bond donors (Lipinski definition) is 0. The predicted molar refractivity (Wildman–Crippen MR) is 446 cm³/mol. The van der Waals surface area contributed by atoms with Gasteiger partial charge in [-0.2, -0.15) is 0 Å². The van der Waals surface area contributed by atoms with Crippen molar-refractivity contribution in [3.8, 4) is 11.5 Å². The van der Waals surface area contributed by atoms with Gasteiger partial charge < -0.3 is 10.2 Å². The Morgan fingerprint density at radius 1 is 0.277 bits per heavy atom. The summed E-state index contributed by atoms with van der Waals surface area (Å²) in [5.41, 5.74) is 8.94. The molecule has 0 aliphatic heterocycles. The molecule has 3 aromatic carbocycles. The van der Waals surface area contributed by atoms with Crippen LogP contribution in [-0.2, 0) is 42.2 Å². The average molecular weight is 1440 g/mol. The van der Waals surface area contributed by atoms with Crippen molar-refractivity contribution >= 4 is 22.8 Å². The van der Waals surface area contributed by atoms with E-state index in [9.17, 15) is 10.2 Å². The Balaban J connectivity index is 0.00000262. The zero-order valence-corrected chi connectivity index (χ0v) is 69.0. The molecule has 0 aromatic heterocycles. The SMILES string of the molecule is CCCCCCCCCCCCCCCCCCC=CC(=Nc1ccc(CCCCCCCCCCCCCCCCCCCCCC)cc1)C(CCCC)=Nc1ccc(CCCCCCCCCCCCCCCCCCCCCC)cc1.CCCCCc1cc(CCC)cc([O-])c1[O-].[Ni+2]. The van der Waals surface area contributed by atoms with Crippen molar-refractivity contribution < 1.29 is 26.7 Å². The maximum atomic E-state index is 11.6. The second-order valence-electron chi connectivity index (χ2n) is 31.2. The summed E-state index contributed by atoms with van der Waals surface area (Å²) >= 11 is 0. The van der Waals surface area contributed by atoms with Crippen LogP contribution in [0.1, 0.15) is 475 Å². The van der Waals surface area contributed by atoms with Gasteiger partial charge in [-0.05, 0) is 118 Å². The van der Waals surface area contributed by atoms with Crippen LogP contribution in [-0.4, -0.2) is 11.4 Å². The summed E-state index contributed by atoms with van der Waals surface area (Å²) in [6.45, 7) is 13.4. The number of benzene rings is 3. The topological polar surface area (TPSA) is 70.8 Å². The Labute approximate surface area is 640 Å². The second kappa shape index (κ2) is 75.1. The number of nitrogens with zero attached hydrogens (tertiary/aromatic N) is 2. The van der Waals surface area contributed by atoms with E-state index in [0.29, 0.717) is 5.56 Å². The summed E-state index contributed by atoms with van der Waals surface area (Å²) in [4.78, 5) is 10.8. The van der Waals surface area contributed by atoms with Crippen LogP contribution < -0.4 is 10.2 Å². The molecule has 0 aliphatic rings. The molecular formula is C96H166N2NiO2. The molecule has 0 amide bonds. The van der Waals surface area contributed by atoms with Gasteiger partial charge >= 0.3 is 16.5 Å². The number of aliphatic imine (C=N–C) groups is 2. The Bertz CT molecular complexity index is 2280. The minimum Gasteiger partial charge on any atom is -0.873 e. The molecule has 101 heavy (non-hydrogen) atoms. The zero-order chi connectivity index (χ0) is 71.8. The summed E-state index contributed by atoms with van der Waals surface area (Å²) in [6.07, 6.45) is 97.2. The fourth-order valence-corrected chi connectivity index (χ4v) is 14.6. The molecule has 0 spiro atoms. The normalized spacial score (nSPS) is 11.9. The van der Waals surface area contributed by atoms with E-state index in [2.05, 4.69) is 102 Å². The largest absolute Gasteiger partial charge is 2.00 e. The van der Waals surface area contributed by atoms with E-state index in [-0.39, 0.29) is 28.0 Å². The van der Waals surface area contributed by atoms with E-state index in [1.54, 1.807) is 0 Å². The molecular weight excluding hydrogens is 1270 g/mol. The second-order valence-corrected chi connectivity index (χ2v) is 31.2. The van der Waals surface area contributed by atoms with Crippen molar-refractivity contribution in [2.24, 2.45) is 9.98 Å². The third-order valence-corrected chi connectivity index (χ3v) is 21.4. The van der Waals surface area contributed by atoms with Crippen molar-refractivity contribution in [2.75, 3.05) is 0 Å². The number of hydrogen-bond acceptors (Lipinski definition) is 4. The van der Waals surface area contributed by atoms with Gasteiger partial charge in [-0.3, -0.25) is 4.99 Å². The summed E-state index contributed by atoms with van der Waals surface area (Å²) < 4.78 is 0. The first kappa shape index (κ1) is 95.8. The summed E-state index contributed by atoms with van der Waals surface area (Å²) in [6, 6.07) is 21.9. The number of allylic oxidation sites excluding steroid dienone is 2. The summed E-state index contributed by atoms with van der Waals surface area (Å²) in [5.74, 6) is -0.631. The first-order valence-electron chi connectivity index (χ1n) is 44.9. The fourth-order valence-electron chi connectivity index (χ4n) is 14.6. The van der Waals surface area contributed by atoms with Gasteiger partial charge in [0.25, 0.3) is 0 Å². The van der Waals surface area contributed by atoms with Gasteiger partial charge in [-0.25, -0.2) is 4.99 Å². The van der Waals surface area contributed by atoms with Crippen LogP contribution >= 0.6 is 0 Å². The molecule has 0 unspecified atom stereocenters. The standard InChI is InChI=1S/C82H146N2.C14H22O2.Ni/c1-5-9-13-16-19-22-25-28-31-34-37-39-41-44-47-50-53-56-59-62-65-77-69-73-79(74-70-77)83-81(67-12-8-4)82(68-64-61-58-55-52-49-46-43-36-33-30-27-24-21-18-15-11-7-3)84-80-75-71-78(72-76-80)66-63-60-57-54-51-48-45-42-40-38-35-32-29-26-23-20-17-14-10-6-2;1-3-5-6-8-12-9-11(7-4-2)10-13(15)14(12)16;/h64,68-76H,5-63,65-67H2,1-4H3;9-10,15-16H,3-8H2,1-2H3;/q;;+2/p-2. The Morgan fingerprint density at radius 3 is 0.871 bits per heavy atom. The molecule has 0 radical (unpaired) electrons. The molecule has 4 nitrogen and oxygen atoms in total. The minimum atomic E-state index is -0.336. The zero-order valence-electron chi connectivity index (χ0n) is 68.0. The van der Waals surface area contributed by atoms with Crippen molar-refractivity contribution in [1.29, 1.82) is 0 Å². The minimum absolute atomic E-state index is 0. The van der Waals surface area contributed by atoms with E-state index >= 15 is 0 Å². The molecule has 0 heterocycles. The Morgan fingerprint density at radius 2 is 0.554 bits per heavy atom. The van der Waals surface area contributed by atoms with Gasteiger partial charge in [0.2, 0.25) is 0 Å². The van der Waals surface area contributed by atoms with Crippen LogP contribution in [0.15, 0.2) is 82.8 Å². The number of unbranched alkanes of at least 4 members (excludes halogenated alkanes) is 57. The van der Waals surface area contributed by atoms with Crippen LogP contribution in [0.3, 0.4) is 0 Å². The smallest absolute Gasteiger partial charge is 0.873 e. The van der Waals surface area contributed by atoms with Crippen LogP contribution in [0.4, 0.5) is 11.4 Å². The molecule has 0 saturated carbocycles. The molecule has 0 N–H and O–H groups in total. The Kier molecular flexibility index (Phi) is 71.2. The molecule has 0 aliphatic carbocycles. The van der Waals surface area contributed by atoms with Crippen molar-refractivity contribution in [3.05, 3.63) is 95.1 Å². The van der Waals surface area contributed by atoms with Crippen molar-refractivity contribution in [2.45, 2.75) is 478 Å². The van der Waals surface area contributed by atoms with Gasteiger partial charge in [-0.1, -0.05) is 456 Å². The van der Waals surface area contributed by atoms with Crippen molar-refractivity contribution in [3.63, 3.8) is 0 Å². The quantitative estimate of drug-likeness (QED) is 0.0321. The van der Waals surface area contributed by atoms with Crippen LogP contribution in [0.25, 0.3) is 0 Å². The third kappa shape index (κ3) is 59.6. The van der Waals surface area contributed by atoms with Crippen molar-refractivity contribution in [1.82, 2.24) is 0 Å². The fraction of sp³-hybridized carbons (Fsp3) is 0.771. The number of aryl methyl sites for hydroxylation is 4. The van der Waals surface area contributed by atoms with Gasteiger partial charge in [0.05, 0.1) is 22.8 Å². The molecule has 0 atom stereocenters. The Hall–Kier alpha value is -3.17. The predicted octanol–water partition coefficient (Wildman–Crippen LogP) is 32.2. The van der Waals surface area contributed by atoms with E-state index in [1.807, 2.05) is 6.07 Å². The summed E-state index contributed by atoms with van der Waals surface area (Å²) in [5, 5.41) is 23.1. The third-order valence-electron chi connectivity index (χ3n) is 21.4. The average Bonchev–Trinajstić information content (AvgIpc) is 0.908. The molecule has 0 bridgehead atoms. The van der Waals surface area contributed by atoms with E-state index < -0.39 is 0 Å². The molecule has 582 valence electrons. The molecule has 5 heteroatoms. The molecule has 3 rings (SSSR count). The maximum Gasteiger partial charge on any atom is 2.00 e. The van der Waals surface area contributed by atoms with Gasteiger partial charge in [0, 0.05) is 0 Å². The first-order valence-corrected chi connectivity index (χ1v) is 44.9. The van der Waals surface area contributed by atoms with Gasteiger partial charge in [0.1, 0.15) is 0 Å². The monoisotopic (exact) mass is 1440 g/mol. The van der Waals surface area contributed by atoms with E-state index in [0.717, 1.165) is 92.6 Å². The van der Waals surface area contributed by atoms with Crippen LogP contribution in [0.2, 0.25) is 0 Å². The van der Waals surface area contributed by atoms with E-state index in [1.165, 1.54) is 390 Å². The number of rotatable bonds is 72. The first-order chi connectivity index (χ1) is 49.4. The van der Waals surface area contributed by atoms with Gasteiger partial charge in [-0.15, -0.1) is 11.5 Å². The maximum absolute atomic E-state index is 11.6. The van der Waals surface area contributed by atoms with Crippen LogP contribution in [0, 0.1) is 0 Å². The molecule has 0 saturated heterocycles. The molecule has 3 aromatic rings.